The van der Waals surface area contributed by atoms with Crippen molar-refractivity contribution in [2.45, 2.75) is 64.5 Å². The number of thiocarbonyl (C=S) groups is 1. The summed E-state index contributed by atoms with van der Waals surface area (Å²) in [5.74, 6) is 0.170. The molecule has 26 heavy (non-hydrogen) atoms. The maximum absolute atomic E-state index is 12.3. The predicted octanol–water partition coefficient (Wildman–Crippen LogP) is 3.63. The van der Waals surface area contributed by atoms with Crippen LogP contribution in [0.4, 0.5) is 0 Å². The van der Waals surface area contributed by atoms with E-state index in [2.05, 4.69) is 41.4 Å². The summed E-state index contributed by atoms with van der Waals surface area (Å²) in [4.78, 5) is 16.6. The van der Waals surface area contributed by atoms with Gasteiger partial charge in [0.2, 0.25) is 5.91 Å². The first-order chi connectivity index (χ1) is 12.6. The van der Waals surface area contributed by atoms with Crippen molar-refractivity contribution in [1.82, 2.24) is 15.1 Å². The monoisotopic (exact) mass is 373 g/mol. The SMILES string of the molecule is Cc1ccc(CN(C(=S)NCC(=O)N2CCCC2)C2CCCCC2)cc1. The molecule has 2 fully saturated rings. The fraction of sp³-hybridized carbons (Fsp3) is 0.619. The maximum atomic E-state index is 12.3. The summed E-state index contributed by atoms with van der Waals surface area (Å²) in [5.41, 5.74) is 2.55. The number of amides is 1. The molecule has 0 spiro atoms. The summed E-state index contributed by atoms with van der Waals surface area (Å²) in [6.07, 6.45) is 8.48. The number of nitrogens with one attached hydrogen (secondary N) is 1. The van der Waals surface area contributed by atoms with Crippen molar-refractivity contribution in [2.75, 3.05) is 19.6 Å². The highest BCUT2D eigenvalue weighted by Gasteiger charge is 2.24. The van der Waals surface area contributed by atoms with Gasteiger partial charge in [-0.3, -0.25) is 4.79 Å². The molecule has 5 heteroatoms. The van der Waals surface area contributed by atoms with Crippen molar-refractivity contribution in [3.63, 3.8) is 0 Å². The number of carbonyl (C=O) groups is 1. The third-order valence-corrected chi connectivity index (χ3v) is 5.98. The van der Waals surface area contributed by atoms with Crippen LogP contribution in [-0.4, -0.2) is 46.5 Å². The number of aryl methyl sites for hydroxylation is 1. The van der Waals surface area contributed by atoms with Gasteiger partial charge in [-0.2, -0.15) is 0 Å². The molecule has 0 bridgehead atoms. The molecule has 1 aromatic carbocycles. The second-order valence-electron chi connectivity index (χ2n) is 7.65. The molecule has 2 aliphatic rings. The quantitative estimate of drug-likeness (QED) is 0.800. The van der Waals surface area contributed by atoms with E-state index in [0.717, 1.165) is 37.6 Å². The van der Waals surface area contributed by atoms with Gasteiger partial charge in [-0.25, -0.2) is 0 Å². The molecule has 0 radical (unpaired) electrons. The van der Waals surface area contributed by atoms with Gasteiger partial charge in [-0.1, -0.05) is 49.1 Å². The van der Waals surface area contributed by atoms with E-state index in [-0.39, 0.29) is 5.91 Å². The van der Waals surface area contributed by atoms with Crippen molar-refractivity contribution in [2.24, 2.45) is 0 Å². The Morgan fingerprint density at radius 1 is 1.12 bits per heavy atom. The summed E-state index contributed by atoms with van der Waals surface area (Å²) in [7, 11) is 0. The number of likely N-dealkylation sites (tertiary alicyclic amines) is 1. The molecule has 1 saturated carbocycles. The van der Waals surface area contributed by atoms with Crippen LogP contribution in [0.25, 0.3) is 0 Å². The number of hydrogen-bond acceptors (Lipinski definition) is 2. The molecule has 4 nitrogen and oxygen atoms in total. The zero-order chi connectivity index (χ0) is 18.4. The van der Waals surface area contributed by atoms with E-state index < -0.39 is 0 Å². The summed E-state index contributed by atoms with van der Waals surface area (Å²) in [5, 5.41) is 3.98. The Kier molecular flexibility index (Phi) is 6.89. The number of nitrogens with zero attached hydrogens (tertiary/aromatic N) is 2. The average Bonchev–Trinajstić information content (AvgIpc) is 3.21. The molecular formula is C21H31N3OS. The van der Waals surface area contributed by atoms with Crippen LogP contribution in [0, 0.1) is 6.92 Å². The van der Waals surface area contributed by atoms with Gasteiger partial charge in [0.1, 0.15) is 0 Å². The van der Waals surface area contributed by atoms with Crippen LogP contribution in [0.1, 0.15) is 56.1 Å². The minimum Gasteiger partial charge on any atom is -0.353 e. The molecule has 1 amide bonds. The lowest BCUT2D eigenvalue weighted by Gasteiger charge is -2.36. The molecular weight excluding hydrogens is 342 g/mol. The van der Waals surface area contributed by atoms with Crippen LogP contribution in [0.3, 0.4) is 0 Å². The van der Waals surface area contributed by atoms with Gasteiger partial charge in [0, 0.05) is 25.7 Å². The first-order valence-corrected chi connectivity index (χ1v) is 10.4. The fourth-order valence-electron chi connectivity index (χ4n) is 3.98. The number of rotatable bonds is 5. The fourth-order valence-corrected chi connectivity index (χ4v) is 4.27. The van der Waals surface area contributed by atoms with Gasteiger partial charge in [0.15, 0.2) is 5.11 Å². The van der Waals surface area contributed by atoms with Gasteiger partial charge in [-0.05, 0) is 50.4 Å². The summed E-state index contributed by atoms with van der Waals surface area (Å²) >= 11 is 5.72. The second kappa shape index (κ2) is 9.36. The van der Waals surface area contributed by atoms with Gasteiger partial charge < -0.3 is 15.1 Å². The zero-order valence-electron chi connectivity index (χ0n) is 15.9. The number of hydrogen-bond donors (Lipinski definition) is 1. The second-order valence-corrected chi connectivity index (χ2v) is 8.04. The molecule has 1 saturated heterocycles. The van der Waals surface area contributed by atoms with Gasteiger partial charge >= 0.3 is 0 Å². The molecule has 0 atom stereocenters. The molecule has 1 aliphatic carbocycles. The molecule has 1 aliphatic heterocycles. The van der Waals surface area contributed by atoms with Gasteiger partial charge in [0.25, 0.3) is 0 Å². The lowest BCUT2D eigenvalue weighted by Crippen LogP contribution is -2.49. The Hall–Kier alpha value is -1.62. The van der Waals surface area contributed by atoms with E-state index in [1.54, 1.807) is 0 Å². The van der Waals surface area contributed by atoms with E-state index in [0.29, 0.717) is 12.6 Å². The van der Waals surface area contributed by atoms with Crippen LogP contribution in [0.5, 0.6) is 0 Å². The van der Waals surface area contributed by atoms with Crippen LogP contribution >= 0.6 is 12.2 Å². The molecule has 1 N–H and O–H groups in total. The van der Waals surface area contributed by atoms with E-state index in [1.807, 2.05) is 4.90 Å². The van der Waals surface area contributed by atoms with Crippen LogP contribution in [-0.2, 0) is 11.3 Å². The van der Waals surface area contributed by atoms with E-state index in [4.69, 9.17) is 12.2 Å². The third-order valence-electron chi connectivity index (χ3n) is 5.60. The van der Waals surface area contributed by atoms with Crippen molar-refractivity contribution in [3.8, 4) is 0 Å². The van der Waals surface area contributed by atoms with E-state index in [9.17, 15) is 4.79 Å². The largest absolute Gasteiger partial charge is 0.353 e. The highest BCUT2D eigenvalue weighted by Crippen LogP contribution is 2.24. The van der Waals surface area contributed by atoms with Crippen molar-refractivity contribution in [3.05, 3.63) is 35.4 Å². The highest BCUT2D eigenvalue weighted by atomic mass is 32.1. The average molecular weight is 374 g/mol. The third kappa shape index (κ3) is 5.19. The summed E-state index contributed by atoms with van der Waals surface area (Å²) in [6, 6.07) is 9.16. The van der Waals surface area contributed by atoms with Gasteiger partial charge in [-0.15, -0.1) is 0 Å². The predicted molar refractivity (Wildman–Crippen MR) is 110 cm³/mol. The molecule has 1 heterocycles. The molecule has 0 unspecified atom stereocenters. The summed E-state index contributed by atoms with van der Waals surface area (Å²) in [6.45, 7) is 5.02. The van der Waals surface area contributed by atoms with Crippen molar-refractivity contribution >= 4 is 23.2 Å². The Labute approximate surface area is 162 Å². The van der Waals surface area contributed by atoms with Crippen LogP contribution in [0.2, 0.25) is 0 Å². The van der Waals surface area contributed by atoms with Crippen molar-refractivity contribution in [1.29, 1.82) is 0 Å². The standard InChI is InChI=1S/C21H31N3OS/c1-17-9-11-18(12-10-17)16-24(19-7-3-2-4-8-19)21(26)22-15-20(25)23-13-5-6-14-23/h9-12,19H,2-8,13-16H2,1H3,(H,22,26). The normalized spacial score (nSPS) is 18.0. The maximum Gasteiger partial charge on any atom is 0.241 e. The summed E-state index contributed by atoms with van der Waals surface area (Å²) < 4.78 is 0. The molecule has 3 rings (SSSR count). The van der Waals surface area contributed by atoms with E-state index >= 15 is 0 Å². The first kappa shape index (κ1) is 19.2. The number of carbonyl (C=O) groups excluding carboxylic acids is 1. The topological polar surface area (TPSA) is 35.6 Å². The number of benzene rings is 1. The lowest BCUT2D eigenvalue weighted by molar-refractivity contribution is -0.128. The smallest absolute Gasteiger partial charge is 0.241 e. The minimum atomic E-state index is 0.170. The van der Waals surface area contributed by atoms with Crippen LogP contribution < -0.4 is 5.32 Å². The lowest BCUT2D eigenvalue weighted by atomic mass is 9.94. The zero-order valence-corrected chi connectivity index (χ0v) is 16.7. The highest BCUT2D eigenvalue weighted by molar-refractivity contribution is 7.80. The Morgan fingerprint density at radius 2 is 1.77 bits per heavy atom. The minimum absolute atomic E-state index is 0.170. The molecule has 1 aromatic rings. The van der Waals surface area contributed by atoms with E-state index in [1.165, 1.54) is 43.2 Å². The molecule has 142 valence electrons. The first-order valence-electron chi connectivity index (χ1n) is 10.0. The van der Waals surface area contributed by atoms with Crippen molar-refractivity contribution < 1.29 is 4.79 Å². The van der Waals surface area contributed by atoms with Crippen LogP contribution in [0.15, 0.2) is 24.3 Å². The molecule has 0 aromatic heterocycles. The Morgan fingerprint density at radius 3 is 2.42 bits per heavy atom. The Balaban J connectivity index is 1.62. The Bertz CT molecular complexity index is 604. The van der Waals surface area contributed by atoms with Gasteiger partial charge in [0.05, 0.1) is 6.54 Å².